The molecule has 1 saturated carbocycles. The standard InChI is InChI=1S/C15H20N4S/c1-2-12(14-17-5-7-19(14)6-1)8-16-9-13-10-20-15(18-13)11-3-4-11/h5,7,10-12,16H,1-4,6,8-9H2. The molecule has 0 aromatic carbocycles. The first-order valence-corrected chi connectivity index (χ1v) is 8.44. The molecule has 0 amide bonds. The number of fused-ring (bicyclic) bond motifs is 1. The number of rotatable bonds is 5. The summed E-state index contributed by atoms with van der Waals surface area (Å²) in [6, 6.07) is 0. The molecule has 1 aliphatic carbocycles. The van der Waals surface area contributed by atoms with E-state index in [4.69, 9.17) is 4.98 Å². The average molecular weight is 288 g/mol. The molecule has 3 heterocycles. The smallest absolute Gasteiger partial charge is 0.113 e. The van der Waals surface area contributed by atoms with Crippen LogP contribution in [-0.2, 0) is 13.1 Å². The first-order chi connectivity index (χ1) is 9.90. The van der Waals surface area contributed by atoms with Crippen LogP contribution in [-0.4, -0.2) is 21.1 Å². The summed E-state index contributed by atoms with van der Waals surface area (Å²) in [5.74, 6) is 2.58. The maximum Gasteiger partial charge on any atom is 0.113 e. The Morgan fingerprint density at radius 1 is 1.35 bits per heavy atom. The first-order valence-electron chi connectivity index (χ1n) is 7.56. The van der Waals surface area contributed by atoms with Crippen LogP contribution in [0.1, 0.15) is 54.0 Å². The van der Waals surface area contributed by atoms with Crippen molar-refractivity contribution in [1.29, 1.82) is 0 Å². The molecular formula is C15H20N4S. The summed E-state index contributed by atoms with van der Waals surface area (Å²) in [6.07, 6.45) is 9.21. The molecule has 1 atom stereocenters. The fourth-order valence-electron chi connectivity index (χ4n) is 3.00. The zero-order valence-corrected chi connectivity index (χ0v) is 12.4. The number of hydrogen-bond acceptors (Lipinski definition) is 4. The number of nitrogens with one attached hydrogen (secondary N) is 1. The molecule has 106 valence electrons. The van der Waals surface area contributed by atoms with Crippen molar-refractivity contribution in [1.82, 2.24) is 19.9 Å². The largest absolute Gasteiger partial charge is 0.335 e. The van der Waals surface area contributed by atoms with Crippen LogP contribution in [0.2, 0.25) is 0 Å². The Morgan fingerprint density at radius 2 is 2.30 bits per heavy atom. The van der Waals surface area contributed by atoms with Gasteiger partial charge in [0.1, 0.15) is 5.82 Å². The summed E-state index contributed by atoms with van der Waals surface area (Å²) in [5.41, 5.74) is 1.20. The lowest BCUT2D eigenvalue weighted by Crippen LogP contribution is -2.26. The minimum absolute atomic E-state index is 0.556. The molecule has 1 fully saturated rings. The van der Waals surface area contributed by atoms with E-state index in [2.05, 4.69) is 26.4 Å². The van der Waals surface area contributed by atoms with Crippen LogP contribution in [0.15, 0.2) is 17.8 Å². The molecule has 0 radical (unpaired) electrons. The van der Waals surface area contributed by atoms with Crippen LogP contribution in [0.4, 0.5) is 0 Å². The van der Waals surface area contributed by atoms with Crippen molar-refractivity contribution in [2.24, 2.45) is 0 Å². The second-order valence-electron chi connectivity index (χ2n) is 5.90. The topological polar surface area (TPSA) is 42.7 Å². The Balaban J connectivity index is 1.32. The van der Waals surface area contributed by atoms with E-state index in [1.807, 2.05) is 17.5 Å². The quantitative estimate of drug-likeness (QED) is 0.920. The number of aromatic nitrogens is 3. The molecule has 2 aromatic rings. The predicted octanol–water partition coefficient (Wildman–Crippen LogP) is 2.88. The molecule has 2 aromatic heterocycles. The molecule has 2 aliphatic rings. The Morgan fingerprint density at radius 3 is 3.20 bits per heavy atom. The van der Waals surface area contributed by atoms with Crippen molar-refractivity contribution in [3.63, 3.8) is 0 Å². The summed E-state index contributed by atoms with van der Waals surface area (Å²) in [5, 5.41) is 7.12. The molecular weight excluding hydrogens is 268 g/mol. The first kappa shape index (κ1) is 12.5. The normalized spacial score (nSPS) is 21.9. The lowest BCUT2D eigenvalue weighted by Gasteiger charge is -2.23. The second-order valence-corrected chi connectivity index (χ2v) is 6.79. The third-order valence-electron chi connectivity index (χ3n) is 4.26. The molecule has 1 aliphatic heterocycles. The summed E-state index contributed by atoms with van der Waals surface area (Å²) in [7, 11) is 0. The summed E-state index contributed by atoms with van der Waals surface area (Å²) in [4.78, 5) is 9.23. The van der Waals surface area contributed by atoms with E-state index in [1.165, 1.54) is 42.2 Å². The fraction of sp³-hybridized carbons (Fsp3) is 0.600. The zero-order valence-electron chi connectivity index (χ0n) is 11.6. The number of nitrogens with zero attached hydrogens (tertiary/aromatic N) is 3. The zero-order chi connectivity index (χ0) is 13.4. The van der Waals surface area contributed by atoms with Crippen molar-refractivity contribution in [3.8, 4) is 0 Å². The van der Waals surface area contributed by atoms with Crippen molar-refractivity contribution in [2.75, 3.05) is 6.54 Å². The minimum Gasteiger partial charge on any atom is -0.335 e. The Bertz CT molecular complexity index is 584. The van der Waals surface area contributed by atoms with Crippen molar-refractivity contribution >= 4 is 11.3 Å². The van der Waals surface area contributed by atoms with Gasteiger partial charge in [0.15, 0.2) is 0 Å². The van der Waals surface area contributed by atoms with Gasteiger partial charge in [-0.3, -0.25) is 0 Å². The minimum atomic E-state index is 0.556. The van der Waals surface area contributed by atoms with E-state index in [0.717, 1.165) is 25.6 Å². The number of aryl methyl sites for hydroxylation is 1. The maximum absolute atomic E-state index is 4.72. The van der Waals surface area contributed by atoms with Gasteiger partial charge in [0, 0.05) is 49.2 Å². The van der Waals surface area contributed by atoms with Crippen LogP contribution in [0.5, 0.6) is 0 Å². The van der Waals surface area contributed by atoms with Crippen LogP contribution in [0.25, 0.3) is 0 Å². The fourth-order valence-corrected chi connectivity index (χ4v) is 3.99. The molecule has 0 spiro atoms. The predicted molar refractivity (Wildman–Crippen MR) is 80.0 cm³/mol. The van der Waals surface area contributed by atoms with Gasteiger partial charge in [0.25, 0.3) is 0 Å². The van der Waals surface area contributed by atoms with Gasteiger partial charge in [0.05, 0.1) is 10.7 Å². The van der Waals surface area contributed by atoms with E-state index in [0.29, 0.717) is 5.92 Å². The summed E-state index contributed by atoms with van der Waals surface area (Å²) < 4.78 is 2.30. The van der Waals surface area contributed by atoms with E-state index < -0.39 is 0 Å². The van der Waals surface area contributed by atoms with Gasteiger partial charge in [-0.05, 0) is 25.7 Å². The van der Waals surface area contributed by atoms with Crippen molar-refractivity contribution in [3.05, 3.63) is 34.3 Å². The lowest BCUT2D eigenvalue weighted by molar-refractivity contribution is 0.422. The molecule has 5 heteroatoms. The van der Waals surface area contributed by atoms with Crippen molar-refractivity contribution < 1.29 is 0 Å². The maximum atomic E-state index is 4.72. The van der Waals surface area contributed by atoms with Crippen LogP contribution in [0, 0.1) is 0 Å². The Labute approximate surface area is 123 Å². The monoisotopic (exact) mass is 288 g/mol. The molecule has 1 N–H and O–H groups in total. The lowest BCUT2D eigenvalue weighted by atomic mass is 9.99. The van der Waals surface area contributed by atoms with Gasteiger partial charge < -0.3 is 9.88 Å². The highest BCUT2D eigenvalue weighted by Gasteiger charge is 2.26. The SMILES string of the molecule is c1cn2c(n1)C(CNCc1csc(C3CC3)n1)CCC2. The molecule has 0 bridgehead atoms. The Kier molecular flexibility index (Phi) is 3.32. The Hall–Kier alpha value is -1.20. The summed E-state index contributed by atoms with van der Waals surface area (Å²) in [6.45, 7) is 3.02. The van der Waals surface area contributed by atoms with Gasteiger partial charge in [-0.2, -0.15) is 0 Å². The highest BCUT2D eigenvalue weighted by molar-refractivity contribution is 7.09. The van der Waals surface area contributed by atoms with Crippen LogP contribution in [0.3, 0.4) is 0 Å². The van der Waals surface area contributed by atoms with Gasteiger partial charge >= 0.3 is 0 Å². The number of thiazole rings is 1. The van der Waals surface area contributed by atoms with E-state index in [-0.39, 0.29) is 0 Å². The van der Waals surface area contributed by atoms with Crippen LogP contribution < -0.4 is 5.32 Å². The van der Waals surface area contributed by atoms with Gasteiger partial charge in [-0.25, -0.2) is 9.97 Å². The second kappa shape index (κ2) is 5.30. The van der Waals surface area contributed by atoms with Crippen molar-refractivity contribution in [2.45, 2.75) is 50.6 Å². The van der Waals surface area contributed by atoms with Gasteiger partial charge in [0.2, 0.25) is 0 Å². The highest BCUT2D eigenvalue weighted by atomic mass is 32.1. The van der Waals surface area contributed by atoms with Gasteiger partial charge in [-0.1, -0.05) is 0 Å². The molecule has 4 nitrogen and oxygen atoms in total. The van der Waals surface area contributed by atoms with E-state index in [9.17, 15) is 0 Å². The molecule has 1 unspecified atom stereocenters. The van der Waals surface area contributed by atoms with Gasteiger partial charge in [-0.15, -0.1) is 11.3 Å². The summed E-state index contributed by atoms with van der Waals surface area (Å²) >= 11 is 1.83. The highest BCUT2D eigenvalue weighted by Crippen LogP contribution is 2.41. The average Bonchev–Trinajstić information content (AvgIpc) is 3.01. The number of hydrogen-bond donors (Lipinski definition) is 1. The third-order valence-corrected chi connectivity index (χ3v) is 5.31. The third kappa shape index (κ3) is 2.52. The van der Waals surface area contributed by atoms with E-state index in [1.54, 1.807) is 0 Å². The molecule has 20 heavy (non-hydrogen) atoms. The van der Waals surface area contributed by atoms with E-state index >= 15 is 0 Å². The molecule has 0 saturated heterocycles. The number of imidazole rings is 1. The van der Waals surface area contributed by atoms with Crippen LogP contribution >= 0.6 is 11.3 Å². The molecule has 4 rings (SSSR count).